The Balaban J connectivity index is 1.48. The first-order valence-electron chi connectivity index (χ1n) is 10.8. The van der Waals surface area contributed by atoms with Gasteiger partial charge in [0.1, 0.15) is 28.0 Å². The highest BCUT2D eigenvalue weighted by Crippen LogP contribution is 2.44. The lowest BCUT2D eigenvalue weighted by atomic mass is 9.83. The number of halogens is 2. The summed E-state index contributed by atoms with van der Waals surface area (Å²) in [4.78, 5) is 13.2. The summed E-state index contributed by atoms with van der Waals surface area (Å²) in [6, 6.07) is 20.5. The van der Waals surface area contributed by atoms with Gasteiger partial charge < -0.3 is 15.2 Å². The quantitative estimate of drug-likeness (QED) is 0.227. The van der Waals surface area contributed by atoms with Crippen LogP contribution < -0.4 is 15.2 Å². The van der Waals surface area contributed by atoms with Gasteiger partial charge in [-0.3, -0.25) is 0 Å². The number of fused-ring (bicyclic) bond motifs is 2. The lowest BCUT2D eigenvalue weighted by molar-refractivity contribution is 0.0740. The Labute approximate surface area is 215 Å². The first-order valence-corrected chi connectivity index (χ1v) is 12.4. The van der Waals surface area contributed by atoms with Gasteiger partial charge in [-0.1, -0.05) is 66.5 Å². The maximum atomic E-state index is 12.9. The molecule has 1 aliphatic rings. The number of benzene rings is 3. The highest BCUT2D eigenvalue weighted by Gasteiger charge is 2.31. The average molecular weight is 521 g/mol. The van der Waals surface area contributed by atoms with E-state index in [0.717, 1.165) is 27.6 Å². The highest BCUT2D eigenvalue weighted by atomic mass is 35.5. The van der Waals surface area contributed by atoms with Crippen LogP contribution in [0.15, 0.2) is 72.1 Å². The van der Waals surface area contributed by atoms with E-state index in [-0.39, 0.29) is 22.4 Å². The molecule has 0 aliphatic carbocycles. The third-order valence-corrected chi connectivity index (χ3v) is 7.77. The summed E-state index contributed by atoms with van der Waals surface area (Å²) in [5, 5.41) is 11.4. The second-order valence-electron chi connectivity index (χ2n) is 7.99. The molecule has 1 unspecified atom stereocenters. The summed E-state index contributed by atoms with van der Waals surface area (Å²) in [5.41, 5.74) is 9.32. The number of hydrogen-bond acceptors (Lipinski definition) is 6. The van der Waals surface area contributed by atoms with Crippen molar-refractivity contribution < 1.29 is 14.3 Å². The lowest BCUT2D eigenvalue weighted by Crippen LogP contribution is -2.21. The molecule has 0 saturated heterocycles. The Morgan fingerprint density at radius 3 is 2.63 bits per heavy atom. The van der Waals surface area contributed by atoms with E-state index in [1.165, 1.54) is 16.9 Å². The molecule has 2 N–H and O–H groups in total. The summed E-state index contributed by atoms with van der Waals surface area (Å²) >= 11 is 13.7. The molecule has 5 rings (SSSR count). The van der Waals surface area contributed by atoms with Crippen molar-refractivity contribution in [2.45, 2.75) is 19.3 Å². The summed E-state index contributed by atoms with van der Waals surface area (Å²) in [6.45, 7) is 2.08. The molecular formula is C27H18Cl2N2O3S. The zero-order valence-electron chi connectivity index (χ0n) is 18.5. The number of allylic oxidation sites excluding steroid dienone is 1. The van der Waals surface area contributed by atoms with E-state index >= 15 is 0 Å². The summed E-state index contributed by atoms with van der Waals surface area (Å²) in [7, 11) is 0. The number of nitrogens with zero attached hydrogens (tertiary/aromatic N) is 1. The normalized spacial score (nSPS) is 14.9. The second-order valence-corrected chi connectivity index (χ2v) is 9.86. The molecule has 0 radical (unpaired) electrons. The maximum Gasteiger partial charge on any atom is 0.355 e. The Morgan fingerprint density at radius 2 is 1.91 bits per heavy atom. The standard InChI is InChI=1S/C27H18Cl2N2O3S/c1-2-14-3-5-15(6-4-14)23-18-10-8-17(12-21(18)34-26(31)20(23)13-30)33-27(32)25-24(29)19-9-7-16(28)11-22(19)35-25/h3-12,23H,2,31H2,1H3. The number of hydrogen-bond donors (Lipinski definition) is 1. The van der Waals surface area contributed by atoms with Crippen LogP contribution in [0.2, 0.25) is 10.0 Å². The molecule has 5 nitrogen and oxygen atoms in total. The number of ether oxygens (including phenoxy) is 2. The van der Waals surface area contributed by atoms with Gasteiger partial charge in [-0.05, 0) is 35.7 Å². The van der Waals surface area contributed by atoms with E-state index < -0.39 is 5.97 Å². The molecule has 8 heteroatoms. The van der Waals surface area contributed by atoms with Gasteiger partial charge >= 0.3 is 5.97 Å². The van der Waals surface area contributed by atoms with E-state index in [4.69, 9.17) is 38.4 Å². The first-order chi connectivity index (χ1) is 16.9. The molecule has 3 aromatic carbocycles. The molecule has 0 spiro atoms. The van der Waals surface area contributed by atoms with Crippen molar-refractivity contribution in [3.8, 4) is 17.6 Å². The van der Waals surface area contributed by atoms with Crippen LogP contribution in [0.3, 0.4) is 0 Å². The molecule has 4 aromatic rings. The van der Waals surface area contributed by atoms with Crippen molar-refractivity contribution in [3.05, 3.63) is 104 Å². The number of aryl methyl sites for hydroxylation is 1. The van der Waals surface area contributed by atoms with Crippen molar-refractivity contribution in [1.29, 1.82) is 5.26 Å². The third-order valence-electron chi connectivity index (χ3n) is 5.90. The molecule has 35 heavy (non-hydrogen) atoms. The van der Waals surface area contributed by atoms with E-state index in [9.17, 15) is 10.1 Å². The lowest BCUT2D eigenvalue weighted by Gasteiger charge is -2.26. The Hall–Kier alpha value is -3.50. The molecule has 0 saturated carbocycles. The molecule has 1 aliphatic heterocycles. The van der Waals surface area contributed by atoms with Crippen LogP contribution in [-0.2, 0) is 6.42 Å². The van der Waals surface area contributed by atoms with Crippen LogP contribution in [0.1, 0.15) is 39.2 Å². The predicted molar refractivity (Wildman–Crippen MR) is 138 cm³/mol. The van der Waals surface area contributed by atoms with Crippen molar-refractivity contribution >= 4 is 50.6 Å². The van der Waals surface area contributed by atoms with Crippen molar-refractivity contribution in [2.24, 2.45) is 5.73 Å². The van der Waals surface area contributed by atoms with E-state index in [0.29, 0.717) is 21.4 Å². The predicted octanol–water partition coefficient (Wildman–Crippen LogP) is 7.21. The number of rotatable bonds is 4. The fraction of sp³-hybridized carbons (Fsp3) is 0.111. The number of esters is 1. The van der Waals surface area contributed by atoms with Crippen LogP contribution >= 0.6 is 34.5 Å². The minimum atomic E-state index is -0.587. The maximum absolute atomic E-state index is 12.9. The first kappa shape index (κ1) is 23.3. The zero-order chi connectivity index (χ0) is 24.7. The molecule has 1 atom stereocenters. The second kappa shape index (κ2) is 9.27. The fourth-order valence-corrected chi connectivity index (χ4v) is 5.77. The van der Waals surface area contributed by atoms with Gasteiger partial charge in [0.15, 0.2) is 0 Å². The molecular weight excluding hydrogens is 503 g/mol. The number of nitrogens with two attached hydrogens (primary N) is 1. The Morgan fingerprint density at radius 1 is 1.14 bits per heavy atom. The van der Waals surface area contributed by atoms with Crippen molar-refractivity contribution in [2.75, 3.05) is 0 Å². The topological polar surface area (TPSA) is 85.3 Å². The van der Waals surface area contributed by atoms with E-state index in [2.05, 4.69) is 13.0 Å². The molecule has 0 amide bonds. The van der Waals surface area contributed by atoms with E-state index in [1.807, 2.05) is 24.3 Å². The van der Waals surface area contributed by atoms with E-state index in [1.54, 1.807) is 36.4 Å². The SMILES string of the molecule is CCc1ccc(C2C(C#N)=C(N)Oc3cc(OC(=O)c4sc5cc(Cl)ccc5c4Cl)ccc32)cc1. The summed E-state index contributed by atoms with van der Waals surface area (Å²) < 4.78 is 12.2. The van der Waals surface area contributed by atoms with Crippen molar-refractivity contribution in [1.82, 2.24) is 0 Å². The molecule has 174 valence electrons. The summed E-state index contributed by atoms with van der Waals surface area (Å²) in [6.07, 6.45) is 0.916. The van der Waals surface area contributed by atoms with Gasteiger partial charge in [0.05, 0.1) is 10.9 Å². The zero-order valence-corrected chi connectivity index (χ0v) is 20.8. The molecule has 0 bridgehead atoms. The largest absolute Gasteiger partial charge is 0.440 e. The summed E-state index contributed by atoms with van der Waals surface area (Å²) in [5.74, 6) is -0.256. The average Bonchev–Trinajstić information content (AvgIpc) is 3.18. The number of carbonyl (C=O) groups is 1. The molecule has 0 fully saturated rings. The minimum absolute atomic E-state index is 0.0254. The number of nitriles is 1. The van der Waals surface area contributed by atoms with Gasteiger partial charge in [0.25, 0.3) is 0 Å². The van der Waals surface area contributed by atoms with Gasteiger partial charge in [-0.15, -0.1) is 11.3 Å². The fourth-order valence-electron chi connectivity index (χ4n) is 4.11. The van der Waals surface area contributed by atoms with Gasteiger partial charge in [-0.2, -0.15) is 5.26 Å². The number of thiophene rings is 1. The van der Waals surface area contributed by atoms with Crippen LogP contribution in [0.4, 0.5) is 0 Å². The molecule has 2 heterocycles. The van der Waals surface area contributed by atoms with Crippen LogP contribution in [0.25, 0.3) is 10.1 Å². The van der Waals surface area contributed by atoms with Crippen LogP contribution in [0, 0.1) is 11.3 Å². The van der Waals surface area contributed by atoms with Gasteiger partial charge in [0.2, 0.25) is 5.88 Å². The Bertz CT molecular complexity index is 1550. The van der Waals surface area contributed by atoms with Crippen molar-refractivity contribution in [3.63, 3.8) is 0 Å². The Kier molecular flexibility index (Phi) is 6.16. The highest BCUT2D eigenvalue weighted by molar-refractivity contribution is 7.21. The smallest absolute Gasteiger partial charge is 0.355 e. The number of carbonyl (C=O) groups excluding carboxylic acids is 1. The van der Waals surface area contributed by atoms with Gasteiger partial charge in [0, 0.05) is 26.7 Å². The third kappa shape index (κ3) is 4.23. The van der Waals surface area contributed by atoms with Crippen LogP contribution in [0.5, 0.6) is 11.5 Å². The minimum Gasteiger partial charge on any atom is -0.440 e. The van der Waals surface area contributed by atoms with Gasteiger partial charge in [-0.25, -0.2) is 4.79 Å². The monoisotopic (exact) mass is 520 g/mol. The molecule has 1 aromatic heterocycles. The van der Waals surface area contributed by atoms with Crippen LogP contribution in [-0.4, -0.2) is 5.97 Å².